The van der Waals surface area contributed by atoms with Crippen molar-refractivity contribution >= 4 is 47.1 Å². The summed E-state index contributed by atoms with van der Waals surface area (Å²) in [6.45, 7) is 0. The van der Waals surface area contributed by atoms with Crippen LogP contribution in [0.5, 0.6) is 0 Å². The van der Waals surface area contributed by atoms with Crippen LogP contribution in [0.2, 0.25) is 0 Å². The number of rotatable bonds is 1. The summed E-state index contributed by atoms with van der Waals surface area (Å²) in [5, 5.41) is 18.7. The van der Waals surface area contributed by atoms with Crippen molar-refractivity contribution in [1.29, 1.82) is 0 Å². The molecule has 134 valence electrons. The lowest BCUT2D eigenvalue weighted by Crippen LogP contribution is -2.27. The first-order valence-electron chi connectivity index (χ1n) is 9.38. The first-order chi connectivity index (χ1) is 13.9. The van der Waals surface area contributed by atoms with E-state index in [1.807, 2.05) is 24.6 Å². The first-order valence-corrected chi connectivity index (χ1v) is 9.38. The molecule has 4 aliphatic heterocycles. The lowest BCUT2D eigenvalue weighted by molar-refractivity contribution is 1.29. The zero-order valence-corrected chi connectivity index (χ0v) is 15.1. The minimum atomic E-state index is 1.05. The van der Waals surface area contributed by atoms with Gasteiger partial charge in [0, 0.05) is 33.3 Å². The molecule has 0 aliphatic carbocycles. The maximum absolute atomic E-state index is 3.63. The standard InChI is InChI=1S/C24H18N4/c1-3-15-5-7-17-9-11-19(27-23(17)21(15)25-13-1)20-12-10-18-8-6-16-4-2-14-26-22(16)24(18)28-20/h1-14,25-28H. The molecule has 0 fully saturated rings. The molecule has 0 unspecified atom stereocenters. The van der Waals surface area contributed by atoms with Gasteiger partial charge in [-0.2, -0.15) is 0 Å². The average molecular weight is 362 g/mol. The van der Waals surface area contributed by atoms with Crippen molar-refractivity contribution in [1.82, 2.24) is 0 Å². The van der Waals surface area contributed by atoms with Gasteiger partial charge in [0.05, 0.1) is 34.1 Å². The summed E-state index contributed by atoms with van der Waals surface area (Å²) in [6.07, 6.45) is 20.8. The van der Waals surface area contributed by atoms with Crippen molar-refractivity contribution in [2.24, 2.45) is 0 Å². The topological polar surface area (TPSA) is 48.1 Å². The molecule has 2 aromatic carbocycles. The highest BCUT2D eigenvalue weighted by atomic mass is 15.0. The Hall–Kier alpha value is -3.92. The number of hydrogen-bond donors (Lipinski definition) is 4. The van der Waals surface area contributed by atoms with Crippen LogP contribution in [0, 0.1) is 0 Å². The van der Waals surface area contributed by atoms with Gasteiger partial charge in [0.25, 0.3) is 0 Å². The fraction of sp³-hybridized carbons (Fsp3) is 0. The highest BCUT2D eigenvalue weighted by Gasteiger charge is 2.17. The van der Waals surface area contributed by atoms with Gasteiger partial charge >= 0.3 is 0 Å². The number of hydrogen-bond acceptors (Lipinski definition) is 4. The smallest absolute Gasteiger partial charge is 0.0703 e. The minimum absolute atomic E-state index is 1.05. The van der Waals surface area contributed by atoms with Gasteiger partial charge in [-0.25, -0.2) is 0 Å². The molecule has 0 amide bonds. The molecule has 4 nitrogen and oxygen atoms in total. The fourth-order valence-corrected chi connectivity index (χ4v) is 3.99. The second kappa shape index (κ2) is 5.79. The van der Waals surface area contributed by atoms with E-state index in [4.69, 9.17) is 0 Å². The molecule has 6 rings (SSSR count). The van der Waals surface area contributed by atoms with E-state index in [0.717, 1.165) is 34.1 Å². The summed E-state index contributed by atoms with van der Waals surface area (Å²) in [6, 6.07) is 8.59. The Labute approximate surface area is 162 Å². The maximum Gasteiger partial charge on any atom is 0.0703 e. The molecule has 0 aromatic heterocycles. The predicted molar refractivity (Wildman–Crippen MR) is 118 cm³/mol. The molecular formula is C24H18N4. The van der Waals surface area contributed by atoms with Crippen molar-refractivity contribution in [3.05, 3.63) is 93.2 Å². The summed E-state index contributed by atoms with van der Waals surface area (Å²) in [5.74, 6) is 0. The Kier molecular flexibility index (Phi) is 3.14. The van der Waals surface area contributed by atoms with E-state index in [1.165, 1.54) is 20.9 Å². The van der Waals surface area contributed by atoms with E-state index in [9.17, 15) is 0 Å². The molecule has 4 aliphatic rings. The van der Waals surface area contributed by atoms with E-state index < -0.39 is 0 Å². The molecule has 2 aromatic rings. The Morgan fingerprint density at radius 3 is 1.32 bits per heavy atom. The van der Waals surface area contributed by atoms with Crippen molar-refractivity contribution in [2.75, 3.05) is 21.3 Å². The molecule has 28 heavy (non-hydrogen) atoms. The van der Waals surface area contributed by atoms with Crippen molar-refractivity contribution in [2.45, 2.75) is 0 Å². The second-order valence-electron chi connectivity index (χ2n) is 7.07. The molecular weight excluding hydrogens is 344 g/mol. The normalized spacial score (nSPS) is 16.9. The number of allylic oxidation sites excluding steroid dienone is 4. The van der Waals surface area contributed by atoms with Crippen LogP contribution in [-0.2, 0) is 0 Å². The van der Waals surface area contributed by atoms with Crippen LogP contribution in [0.3, 0.4) is 0 Å². The van der Waals surface area contributed by atoms with Crippen LogP contribution in [0.15, 0.2) is 72.4 Å². The minimum Gasteiger partial charge on any atom is -0.359 e. The van der Waals surface area contributed by atoms with Gasteiger partial charge < -0.3 is 21.3 Å². The number of benzene rings is 2. The van der Waals surface area contributed by atoms with Gasteiger partial charge in [-0.15, -0.1) is 0 Å². The molecule has 0 saturated carbocycles. The molecule has 0 spiro atoms. The number of anilines is 4. The quantitative estimate of drug-likeness (QED) is 0.627. The van der Waals surface area contributed by atoms with Gasteiger partial charge in [0.2, 0.25) is 0 Å². The van der Waals surface area contributed by atoms with Crippen LogP contribution in [0.4, 0.5) is 22.7 Å². The maximum atomic E-state index is 3.63. The predicted octanol–water partition coefficient (Wildman–Crippen LogP) is 2.01. The Morgan fingerprint density at radius 2 is 0.857 bits per heavy atom. The fourth-order valence-electron chi connectivity index (χ4n) is 3.99. The van der Waals surface area contributed by atoms with Crippen LogP contribution in [0.25, 0.3) is 24.3 Å². The Balaban J connectivity index is 1.42. The summed E-state index contributed by atoms with van der Waals surface area (Å²) in [4.78, 5) is 0. The van der Waals surface area contributed by atoms with Gasteiger partial charge in [-0.3, -0.25) is 0 Å². The zero-order chi connectivity index (χ0) is 18.5. The molecule has 4 N–H and O–H groups in total. The largest absolute Gasteiger partial charge is 0.359 e. The monoisotopic (exact) mass is 362 g/mol. The Morgan fingerprint density at radius 1 is 0.429 bits per heavy atom. The zero-order valence-electron chi connectivity index (χ0n) is 15.1. The molecule has 4 heteroatoms. The van der Waals surface area contributed by atoms with E-state index in [1.54, 1.807) is 0 Å². The van der Waals surface area contributed by atoms with E-state index in [0.29, 0.717) is 0 Å². The van der Waals surface area contributed by atoms with Gasteiger partial charge in [-0.05, 0) is 24.3 Å². The number of nitrogens with one attached hydrogen (secondary N) is 4. The van der Waals surface area contributed by atoms with E-state index >= 15 is 0 Å². The van der Waals surface area contributed by atoms with Gasteiger partial charge in [0.1, 0.15) is 0 Å². The number of fused-ring (bicyclic) bond motifs is 6. The van der Waals surface area contributed by atoms with E-state index in [-0.39, 0.29) is 0 Å². The molecule has 4 heterocycles. The lowest BCUT2D eigenvalue weighted by Gasteiger charge is -2.25. The highest BCUT2D eigenvalue weighted by molar-refractivity contribution is 5.84. The first kappa shape index (κ1) is 15.2. The average Bonchev–Trinajstić information content (AvgIpc) is 2.78. The molecule has 0 atom stereocenters. The molecule has 0 radical (unpaired) electrons. The van der Waals surface area contributed by atoms with Crippen molar-refractivity contribution in [3.63, 3.8) is 0 Å². The SMILES string of the molecule is C1=CNc2c3c(ccc2=C1)=CC=C(C1=CC=c2ccc4c(c2N1)NC=CC=4)N3. The third-order valence-corrected chi connectivity index (χ3v) is 5.41. The van der Waals surface area contributed by atoms with E-state index in [2.05, 4.69) is 82.0 Å². The van der Waals surface area contributed by atoms with Gasteiger partial charge in [-0.1, -0.05) is 48.6 Å². The third kappa shape index (κ3) is 2.25. The van der Waals surface area contributed by atoms with Crippen LogP contribution in [-0.4, -0.2) is 0 Å². The van der Waals surface area contributed by atoms with Crippen molar-refractivity contribution < 1.29 is 0 Å². The van der Waals surface area contributed by atoms with Crippen LogP contribution < -0.4 is 42.1 Å². The summed E-state index contributed by atoms with van der Waals surface area (Å²) in [5.41, 5.74) is 6.53. The highest BCUT2D eigenvalue weighted by Crippen LogP contribution is 2.26. The molecule has 0 bridgehead atoms. The summed E-state index contributed by atoms with van der Waals surface area (Å²) in [7, 11) is 0. The van der Waals surface area contributed by atoms with Crippen LogP contribution in [0.1, 0.15) is 0 Å². The second-order valence-corrected chi connectivity index (χ2v) is 7.07. The Bertz CT molecular complexity index is 1290. The third-order valence-electron chi connectivity index (χ3n) is 5.41. The van der Waals surface area contributed by atoms with Crippen LogP contribution >= 0.6 is 0 Å². The summed E-state index contributed by atoms with van der Waals surface area (Å²) >= 11 is 0. The van der Waals surface area contributed by atoms with Gasteiger partial charge in [0.15, 0.2) is 0 Å². The molecule has 0 saturated heterocycles. The van der Waals surface area contributed by atoms with Crippen molar-refractivity contribution in [3.8, 4) is 0 Å². The summed E-state index contributed by atoms with van der Waals surface area (Å²) < 4.78 is 0. The lowest BCUT2D eigenvalue weighted by atomic mass is 10.0.